The lowest BCUT2D eigenvalue weighted by Crippen LogP contribution is -2.51. The first-order chi connectivity index (χ1) is 11.8. The molecule has 2 rings (SSSR count). The van der Waals surface area contributed by atoms with E-state index in [9.17, 15) is 24.6 Å². The molecule has 1 aliphatic heterocycles. The Morgan fingerprint density at radius 2 is 2.04 bits per heavy atom. The fraction of sp³-hybridized carbons (Fsp3) is 0.471. The Hall–Kier alpha value is -2.61. The summed E-state index contributed by atoms with van der Waals surface area (Å²) in [6, 6.07) is 4.91. The summed E-state index contributed by atoms with van der Waals surface area (Å²) in [4.78, 5) is 36.9. The Kier molecular flexibility index (Phi) is 5.97. The highest BCUT2D eigenvalue weighted by molar-refractivity contribution is 5.90. The van der Waals surface area contributed by atoms with E-state index in [4.69, 9.17) is 4.74 Å². The van der Waals surface area contributed by atoms with Gasteiger partial charge in [0.1, 0.15) is 17.8 Å². The number of benzene rings is 1. The number of nitrogens with one attached hydrogen (secondary N) is 1. The zero-order valence-corrected chi connectivity index (χ0v) is 14.1. The Balaban J connectivity index is 2.12. The number of carboxylic acids is 1. The predicted octanol–water partition coefficient (Wildman–Crippen LogP) is -0.211. The molecule has 2 amide bonds. The van der Waals surface area contributed by atoms with Crippen LogP contribution >= 0.6 is 0 Å². The van der Waals surface area contributed by atoms with E-state index >= 15 is 0 Å². The number of likely N-dealkylation sites (tertiary alicyclic amines) is 1. The molecule has 0 radical (unpaired) electrons. The number of amides is 2. The van der Waals surface area contributed by atoms with Gasteiger partial charge in [-0.05, 0) is 11.6 Å². The number of aliphatic hydroxyl groups excluding tert-OH is 1. The standard InChI is InChI=1S/C17H22N2O6/c1-10(20)19-9-12(21)8-14(19)16(22)18-13(17(23)24)7-11-5-3-4-6-15(11)25-2/h3-6,12-14,21H,7-9H2,1-2H3,(H,18,22)(H,23,24)/t12-,13-,14+/m1/s1. The van der Waals surface area contributed by atoms with Crippen LogP contribution in [0.2, 0.25) is 0 Å². The Labute approximate surface area is 145 Å². The van der Waals surface area contributed by atoms with Gasteiger partial charge in [-0.3, -0.25) is 9.59 Å². The van der Waals surface area contributed by atoms with Crippen LogP contribution in [-0.2, 0) is 20.8 Å². The first-order valence-corrected chi connectivity index (χ1v) is 7.93. The number of aliphatic hydroxyl groups is 1. The van der Waals surface area contributed by atoms with Crippen LogP contribution in [0.4, 0.5) is 0 Å². The maximum atomic E-state index is 12.5. The second kappa shape index (κ2) is 7.98. The molecule has 8 nitrogen and oxygen atoms in total. The van der Waals surface area contributed by atoms with Gasteiger partial charge in [-0.15, -0.1) is 0 Å². The lowest BCUT2D eigenvalue weighted by Gasteiger charge is -2.24. The first kappa shape index (κ1) is 18.7. The number of aliphatic carboxylic acids is 1. The number of β-amino-alcohol motifs (C(OH)–C–C–N with tert-alkyl or cyclic N) is 1. The SMILES string of the molecule is COc1ccccc1C[C@@H](NC(=O)[C@@H]1C[C@@H](O)CN1C(C)=O)C(=O)O. The molecule has 0 bridgehead atoms. The Morgan fingerprint density at radius 1 is 1.36 bits per heavy atom. The summed E-state index contributed by atoms with van der Waals surface area (Å²) in [5.41, 5.74) is 0.646. The third kappa shape index (κ3) is 4.48. The minimum atomic E-state index is -1.19. The summed E-state index contributed by atoms with van der Waals surface area (Å²) in [7, 11) is 1.48. The molecule has 1 aliphatic rings. The van der Waals surface area contributed by atoms with E-state index in [0.29, 0.717) is 11.3 Å². The van der Waals surface area contributed by atoms with Crippen molar-refractivity contribution in [2.45, 2.75) is 38.0 Å². The fourth-order valence-corrected chi connectivity index (χ4v) is 2.97. The van der Waals surface area contributed by atoms with Crippen molar-refractivity contribution in [3.8, 4) is 5.75 Å². The number of nitrogens with zero attached hydrogens (tertiary/aromatic N) is 1. The topological polar surface area (TPSA) is 116 Å². The molecule has 3 N–H and O–H groups in total. The summed E-state index contributed by atoms with van der Waals surface area (Å²) in [5, 5.41) is 21.6. The highest BCUT2D eigenvalue weighted by atomic mass is 16.5. The zero-order chi connectivity index (χ0) is 18.6. The van der Waals surface area contributed by atoms with Crippen molar-refractivity contribution in [1.29, 1.82) is 0 Å². The van der Waals surface area contributed by atoms with Gasteiger partial charge in [-0.1, -0.05) is 18.2 Å². The lowest BCUT2D eigenvalue weighted by atomic mass is 10.0. The number of hydrogen-bond donors (Lipinski definition) is 3. The monoisotopic (exact) mass is 350 g/mol. The van der Waals surface area contributed by atoms with Crippen molar-refractivity contribution < 1.29 is 29.3 Å². The van der Waals surface area contributed by atoms with E-state index in [1.54, 1.807) is 24.3 Å². The van der Waals surface area contributed by atoms with Crippen molar-refractivity contribution in [2.24, 2.45) is 0 Å². The van der Waals surface area contributed by atoms with Crippen LogP contribution in [0.3, 0.4) is 0 Å². The third-order valence-corrected chi connectivity index (χ3v) is 4.22. The molecule has 8 heteroatoms. The number of para-hydroxylation sites is 1. The molecule has 0 spiro atoms. The molecule has 25 heavy (non-hydrogen) atoms. The summed E-state index contributed by atoms with van der Waals surface area (Å²) in [6.45, 7) is 1.37. The van der Waals surface area contributed by atoms with Crippen LogP contribution < -0.4 is 10.1 Å². The smallest absolute Gasteiger partial charge is 0.326 e. The van der Waals surface area contributed by atoms with Crippen LogP contribution in [0, 0.1) is 0 Å². The van der Waals surface area contributed by atoms with Gasteiger partial charge in [0, 0.05) is 26.3 Å². The molecule has 136 valence electrons. The molecule has 1 heterocycles. The number of carbonyl (C=O) groups is 3. The predicted molar refractivity (Wildman–Crippen MR) is 88.1 cm³/mol. The second-order valence-electron chi connectivity index (χ2n) is 5.99. The largest absolute Gasteiger partial charge is 0.496 e. The molecule has 0 saturated carbocycles. The summed E-state index contributed by atoms with van der Waals surface area (Å²) < 4.78 is 5.20. The number of ether oxygens (including phenoxy) is 1. The van der Waals surface area contributed by atoms with Gasteiger partial charge >= 0.3 is 5.97 Å². The van der Waals surface area contributed by atoms with Crippen LogP contribution in [0.25, 0.3) is 0 Å². The molecule has 3 atom stereocenters. The number of rotatable bonds is 6. The first-order valence-electron chi connectivity index (χ1n) is 7.93. The Bertz CT molecular complexity index is 662. The highest BCUT2D eigenvalue weighted by Crippen LogP contribution is 2.21. The number of hydrogen-bond acceptors (Lipinski definition) is 5. The summed E-state index contributed by atoms with van der Waals surface area (Å²) in [5.74, 6) is -1.58. The summed E-state index contributed by atoms with van der Waals surface area (Å²) in [6.07, 6.45) is -0.663. The highest BCUT2D eigenvalue weighted by Gasteiger charge is 2.38. The minimum absolute atomic E-state index is 0.0421. The zero-order valence-electron chi connectivity index (χ0n) is 14.1. The number of methoxy groups -OCH3 is 1. The van der Waals surface area contributed by atoms with Crippen LogP contribution in [0.5, 0.6) is 5.75 Å². The fourth-order valence-electron chi connectivity index (χ4n) is 2.97. The number of carboxylic acid groups (broad SMARTS) is 1. The minimum Gasteiger partial charge on any atom is -0.496 e. The molecule has 1 fully saturated rings. The lowest BCUT2D eigenvalue weighted by molar-refractivity contribution is -0.143. The quantitative estimate of drug-likeness (QED) is 0.654. The van der Waals surface area contributed by atoms with Gasteiger partial charge in [0.15, 0.2) is 0 Å². The molecule has 1 aromatic rings. The van der Waals surface area contributed by atoms with Gasteiger partial charge in [0.2, 0.25) is 11.8 Å². The van der Waals surface area contributed by atoms with E-state index in [2.05, 4.69) is 5.32 Å². The van der Waals surface area contributed by atoms with E-state index in [-0.39, 0.29) is 25.3 Å². The maximum Gasteiger partial charge on any atom is 0.326 e. The molecular weight excluding hydrogens is 328 g/mol. The Morgan fingerprint density at radius 3 is 2.64 bits per heavy atom. The van der Waals surface area contributed by atoms with Crippen molar-refractivity contribution in [3.63, 3.8) is 0 Å². The van der Waals surface area contributed by atoms with Crippen molar-refractivity contribution in [3.05, 3.63) is 29.8 Å². The number of carbonyl (C=O) groups excluding carboxylic acids is 2. The third-order valence-electron chi connectivity index (χ3n) is 4.22. The van der Waals surface area contributed by atoms with Gasteiger partial charge in [0.25, 0.3) is 0 Å². The molecule has 0 unspecified atom stereocenters. The van der Waals surface area contributed by atoms with Gasteiger partial charge < -0.3 is 25.2 Å². The van der Waals surface area contributed by atoms with Gasteiger partial charge in [-0.25, -0.2) is 4.79 Å². The van der Waals surface area contributed by atoms with Crippen molar-refractivity contribution >= 4 is 17.8 Å². The van der Waals surface area contributed by atoms with Crippen molar-refractivity contribution in [1.82, 2.24) is 10.2 Å². The van der Waals surface area contributed by atoms with E-state index in [1.807, 2.05) is 0 Å². The van der Waals surface area contributed by atoms with Crippen LogP contribution in [0.15, 0.2) is 24.3 Å². The van der Waals surface area contributed by atoms with E-state index in [1.165, 1.54) is 18.9 Å². The average Bonchev–Trinajstić information content (AvgIpc) is 2.97. The molecule has 1 saturated heterocycles. The second-order valence-corrected chi connectivity index (χ2v) is 5.99. The van der Waals surface area contributed by atoms with Crippen molar-refractivity contribution in [2.75, 3.05) is 13.7 Å². The average molecular weight is 350 g/mol. The van der Waals surface area contributed by atoms with Gasteiger partial charge in [0.05, 0.1) is 13.2 Å². The van der Waals surface area contributed by atoms with Crippen LogP contribution in [0.1, 0.15) is 18.9 Å². The summed E-state index contributed by atoms with van der Waals surface area (Å²) >= 11 is 0. The molecular formula is C17H22N2O6. The van der Waals surface area contributed by atoms with Crippen LogP contribution in [-0.4, -0.2) is 64.7 Å². The van der Waals surface area contributed by atoms with E-state index < -0.39 is 30.1 Å². The molecule has 0 aromatic heterocycles. The normalized spacial score (nSPS) is 20.8. The maximum absolute atomic E-state index is 12.5. The van der Waals surface area contributed by atoms with E-state index in [0.717, 1.165) is 0 Å². The molecule has 0 aliphatic carbocycles. The van der Waals surface area contributed by atoms with Gasteiger partial charge in [-0.2, -0.15) is 0 Å². The molecule has 1 aromatic carbocycles.